The Morgan fingerprint density at radius 2 is 1.81 bits per heavy atom. The summed E-state index contributed by atoms with van der Waals surface area (Å²) in [7, 11) is 6.81. The second-order valence-electron chi connectivity index (χ2n) is 5.25. The molecule has 2 atom stereocenters. The van der Waals surface area contributed by atoms with Crippen LogP contribution in [0.5, 0.6) is 17.2 Å². The van der Waals surface area contributed by atoms with Gasteiger partial charge in [0.05, 0.1) is 32.8 Å². The third kappa shape index (κ3) is 2.67. The molecule has 0 bridgehead atoms. The molecule has 1 saturated heterocycles. The number of benzene rings is 1. The molecule has 1 aromatic carbocycles. The molecule has 1 aliphatic heterocycles. The first-order valence-corrected chi connectivity index (χ1v) is 7.31. The number of thiol groups is 1. The summed E-state index contributed by atoms with van der Waals surface area (Å²) in [4.78, 5) is 1.43. The van der Waals surface area contributed by atoms with Crippen molar-refractivity contribution in [1.82, 2.24) is 4.90 Å². The standard InChI is InChI=1S/C15H23NO4S/c1-16-6-5-11(15(16,21)9-17)14-12(19-3)7-10(18-2)8-13(14)20-4/h7-8,11,17,21H,5-6,9H2,1-4H3. The van der Waals surface area contributed by atoms with Crippen molar-refractivity contribution in [3.05, 3.63) is 17.7 Å². The first kappa shape index (κ1) is 16.3. The fourth-order valence-corrected chi connectivity index (χ4v) is 3.35. The zero-order valence-electron chi connectivity index (χ0n) is 12.9. The lowest BCUT2D eigenvalue weighted by Crippen LogP contribution is -2.43. The van der Waals surface area contributed by atoms with E-state index in [0.29, 0.717) is 17.2 Å². The van der Waals surface area contributed by atoms with E-state index in [-0.39, 0.29) is 12.5 Å². The van der Waals surface area contributed by atoms with Crippen molar-refractivity contribution in [3.63, 3.8) is 0 Å². The summed E-state index contributed by atoms with van der Waals surface area (Å²) in [5.41, 5.74) is 0.925. The molecule has 0 spiro atoms. The van der Waals surface area contributed by atoms with Gasteiger partial charge in [-0.05, 0) is 20.0 Å². The van der Waals surface area contributed by atoms with Gasteiger partial charge in [-0.1, -0.05) is 0 Å². The number of likely N-dealkylation sites (tertiary alicyclic amines) is 1. The fourth-order valence-electron chi connectivity index (χ4n) is 3.00. The Labute approximate surface area is 131 Å². The maximum atomic E-state index is 9.83. The number of hydrogen-bond donors (Lipinski definition) is 2. The molecule has 6 heteroatoms. The summed E-state index contributed by atoms with van der Waals surface area (Å²) < 4.78 is 16.3. The number of nitrogens with zero attached hydrogens (tertiary/aromatic N) is 1. The predicted molar refractivity (Wildman–Crippen MR) is 84.9 cm³/mol. The predicted octanol–water partition coefficient (Wildman–Crippen LogP) is 1.75. The number of rotatable bonds is 5. The van der Waals surface area contributed by atoms with Gasteiger partial charge in [-0.15, -0.1) is 0 Å². The van der Waals surface area contributed by atoms with Crippen LogP contribution in [0.3, 0.4) is 0 Å². The van der Waals surface area contributed by atoms with E-state index in [4.69, 9.17) is 26.8 Å². The first-order valence-electron chi connectivity index (χ1n) is 6.86. The molecule has 118 valence electrons. The molecule has 2 unspecified atom stereocenters. The van der Waals surface area contributed by atoms with Crippen LogP contribution in [0.2, 0.25) is 0 Å². The molecule has 2 rings (SSSR count). The van der Waals surface area contributed by atoms with Crippen molar-refractivity contribution in [2.24, 2.45) is 0 Å². The first-order chi connectivity index (χ1) is 10.0. The van der Waals surface area contributed by atoms with Crippen molar-refractivity contribution < 1.29 is 19.3 Å². The largest absolute Gasteiger partial charge is 0.496 e. The van der Waals surface area contributed by atoms with Gasteiger partial charge in [0.2, 0.25) is 0 Å². The third-order valence-electron chi connectivity index (χ3n) is 4.31. The monoisotopic (exact) mass is 313 g/mol. The molecule has 21 heavy (non-hydrogen) atoms. The lowest BCUT2D eigenvalue weighted by Gasteiger charge is -2.35. The molecule has 0 radical (unpaired) electrons. The highest BCUT2D eigenvalue weighted by Gasteiger charge is 2.47. The van der Waals surface area contributed by atoms with E-state index < -0.39 is 4.87 Å². The van der Waals surface area contributed by atoms with Gasteiger partial charge in [0.15, 0.2) is 0 Å². The van der Waals surface area contributed by atoms with E-state index in [2.05, 4.69) is 4.90 Å². The van der Waals surface area contributed by atoms with E-state index >= 15 is 0 Å². The molecule has 0 amide bonds. The van der Waals surface area contributed by atoms with Gasteiger partial charge >= 0.3 is 0 Å². The van der Waals surface area contributed by atoms with Crippen molar-refractivity contribution in [2.75, 3.05) is 41.5 Å². The molecule has 1 aromatic rings. The number of likely N-dealkylation sites (N-methyl/N-ethyl adjacent to an activating group) is 1. The van der Waals surface area contributed by atoms with Gasteiger partial charge in [-0.25, -0.2) is 0 Å². The van der Waals surface area contributed by atoms with Crippen molar-refractivity contribution in [2.45, 2.75) is 17.2 Å². The summed E-state index contributed by atoms with van der Waals surface area (Å²) in [6.07, 6.45) is 0.875. The zero-order valence-corrected chi connectivity index (χ0v) is 13.8. The summed E-state index contributed by atoms with van der Waals surface area (Å²) in [6.45, 7) is 0.808. The van der Waals surface area contributed by atoms with Gasteiger partial charge in [-0.3, -0.25) is 4.90 Å². The van der Waals surface area contributed by atoms with E-state index in [1.165, 1.54) is 0 Å². The Balaban J connectivity index is 2.57. The molecule has 0 saturated carbocycles. The molecule has 0 aliphatic carbocycles. The minimum atomic E-state index is -0.630. The Morgan fingerprint density at radius 3 is 2.24 bits per heavy atom. The molecule has 0 aromatic heterocycles. The van der Waals surface area contributed by atoms with Crippen LogP contribution in [0, 0.1) is 0 Å². The topological polar surface area (TPSA) is 51.2 Å². The Hall–Kier alpha value is -1.11. The summed E-state index contributed by atoms with van der Waals surface area (Å²) in [5.74, 6) is 2.07. The highest BCUT2D eigenvalue weighted by Crippen LogP contribution is 2.50. The van der Waals surface area contributed by atoms with Crippen LogP contribution in [0.15, 0.2) is 12.1 Å². The summed E-state index contributed by atoms with van der Waals surface area (Å²) in [5, 5.41) is 9.83. The van der Waals surface area contributed by atoms with Crippen LogP contribution in [0.4, 0.5) is 0 Å². The Kier molecular flexibility index (Phi) is 4.91. The lowest BCUT2D eigenvalue weighted by atomic mass is 9.89. The van der Waals surface area contributed by atoms with E-state index in [1.54, 1.807) is 21.3 Å². The summed E-state index contributed by atoms with van der Waals surface area (Å²) in [6, 6.07) is 3.67. The smallest absolute Gasteiger partial charge is 0.129 e. The minimum Gasteiger partial charge on any atom is -0.496 e. The quantitative estimate of drug-likeness (QED) is 0.811. The van der Waals surface area contributed by atoms with Crippen LogP contribution < -0.4 is 14.2 Å². The van der Waals surface area contributed by atoms with E-state index in [1.807, 2.05) is 19.2 Å². The Morgan fingerprint density at radius 1 is 1.24 bits per heavy atom. The molecular weight excluding hydrogens is 290 g/mol. The molecule has 1 N–H and O–H groups in total. The average molecular weight is 313 g/mol. The Bertz CT molecular complexity index is 485. The maximum Gasteiger partial charge on any atom is 0.129 e. The number of methoxy groups -OCH3 is 3. The zero-order chi connectivity index (χ0) is 15.6. The number of aliphatic hydroxyl groups excluding tert-OH is 1. The van der Waals surface area contributed by atoms with Crippen LogP contribution in [-0.2, 0) is 0 Å². The van der Waals surface area contributed by atoms with Crippen molar-refractivity contribution in [1.29, 1.82) is 0 Å². The van der Waals surface area contributed by atoms with Crippen molar-refractivity contribution >= 4 is 12.6 Å². The van der Waals surface area contributed by atoms with Crippen molar-refractivity contribution in [3.8, 4) is 17.2 Å². The van der Waals surface area contributed by atoms with Crippen LogP contribution in [0.1, 0.15) is 17.9 Å². The average Bonchev–Trinajstić information content (AvgIpc) is 2.81. The number of hydrogen-bond acceptors (Lipinski definition) is 6. The molecular formula is C15H23NO4S. The van der Waals surface area contributed by atoms with Gasteiger partial charge in [0, 0.05) is 23.6 Å². The van der Waals surface area contributed by atoms with Gasteiger partial charge in [0.25, 0.3) is 0 Å². The number of ether oxygens (including phenoxy) is 3. The van der Waals surface area contributed by atoms with Crippen LogP contribution >= 0.6 is 12.6 Å². The molecule has 1 heterocycles. The summed E-state index contributed by atoms with van der Waals surface area (Å²) >= 11 is 4.74. The normalized spacial score (nSPS) is 25.9. The van der Waals surface area contributed by atoms with Crippen LogP contribution in [0.25, 0.3) is 0 Å². The highest BCUT2D eigenvalue weighted by molar-refractivity contribution is 7.81. The molecule has 1 fully saturated rings. The third-order valence-corrected chi connectivity index (χ3v) is 5.10. The minimum absolute atomic E-state index is 0.00615. The number of aliphatic hydroxyl groups is 1. The SMILES string of the molecule is COc1cc(OC)c(C2CCN(C)C2(S)CO)c(OC)c1. The maximum absolute atomic E-state index is 9.83. The van der Waals surface area contributed by atoms with Gasteiger partial charge < -0.3 is 19.3 Å². The molecule has 5 nitrogen and oxygen atoms in total. The van der Waals surface area contributed by atoms with E-state index in [0.717, 1.165) is 18.5 Å². The van der Waals surface area contributed by atoms with E-state index in [9.17, 15) is 5.11 Å². The second-order valence-corrected chi connectivity index (χ2v) is 6.02. The van der Waals surface area contributed by atoms with Crippen LogP contribution in [-0.4, -0.2) is 56.4 Å². The molecule has 1 aliphatic rings. The van der Waals surface area contributed by atoms with Gasteiger partial charge in [0.1, 0.15) is 17.2 Å². The fraction of sp³-hybridized carbons (Fsp3) is 0.600. The second kappa shape index (κ2) is 6.34. The van der Waals surface area contributed by atoms with Gasteiger partial charge in [-0.2, -0.15) is 12.6 Å². The highest BCUT2D eigenvalue weighted by atomic mass is 32.1. The lowest BCUT2D eigenvalue weighted by molar-refractivity contribution is 0.147.